The SMILES string of the molecule is C1=CC2=C(CC1)Cc1ccc(-c3nccn3-c3c(C4CCCC4)cc(-c4ccccc4)cc3C3CCCC3)cc12. The van der Waals surface area contributed by atoms with Gasteiger partial charge in [-0.05, 0) is 114 Å². The van der Waals surface area contributed by atoms with E-state index in [1.54, 1.807) is 16.7 Å². The van der Waals surface area contributed by atoms with Crippen LogP contribution in [0, 0.1) is 0 Å². The minimum Gasteiger partial charge on any atom is -0.299 e. The van der Waals surface area contributed by atoms with Gasteiger partial charge in [-0.25, -0.2) is 4.98 Å². The number of hydrogen-bond donors (Lipinski definition) is 0. The number of aromatic nitrogens is 2. The van der Waals surface area contributed by atoms with Gasteiger partial charge in [-0.3, -0.25) is 4.57 Å². The van der Waals surface area contributed by atoms with Crippen molar-refractivity contribution in [3.05, 3.63) is 113 Å². The maximum Gasteiger partial charge on any atom is 0.144 e. The monoisotopic (exact) mass is 522 g/mol. The van der Waals surface area contributed by atoms with Crippen molar-refractivity contribution in [1.82, 2.24) is 9.55 Å². The average molecular weight is 523 g/mol. The molecule has 0 bridgehead atoms. The van der Waals surface area contributed by atoms with Crippen LogP contribution in [0.1, 0.15) is 98.3 Å². The Kier molecular flexibility index (Phi) is 6.09. The van der Waals surface area contributed by atoms with Gasteiger partial charge >= 0.3 is 0 Å². The van der Waals surface area contributed by atoms with Crippen LogP contribution in [-0.2, 0) is 6.42 Å². The summed E-state index contributed by atoms with van der Waals surface area (Å²) in [6, 6.07) is 23.2. The standard InChI is InChI=1S/C38H38N2/c1-2-10-26(11-3-1)32-24-35(27-12-4-5-13-27)37(36(25-32)28-14-6-7-15-28)40-21-20-39-38(40)31-19-18-30-22-29-16-8-9-17-33(29)34(30)23-31/h1-3,9-11,17-21,23-25,27-28H,4-8,12-16,22H2. The number of hydrogen-bond acceptors (Lipinski definition) is 1. The van der Waals surface area contributed by atoms with E-state index in [1.165, 1.54) is 103 Å². The van der Waals surface area contributed by atoms with Crippen LogP contribution in [0.5, 0.6) is 0 Å². The molecule has 40 heavy (non-hydrogen) atoms. The van der Waals surface area contributed by atoms with Gasteiger partial charge in [0.1, 0.15) is 5.82 Å². The van der Waals surface area contributed by atoms with E-state index in [0.717, 1.165) is 12.2 Å². The van der Waals surface area contributed by atoms with Crippen LogP contribution in [0.25, 0.3) is 33.8 Å². The molecule has 4 aromatic rings. The molecule has 0 atom stereocenters. The molecule has 200 valence electrons. The Hall–Kier alpha value is -3.65. The Morgan fingerprint density at radius 3 is 2.17 bits per heavy atom. The summed E-state index contributed by atoms with van der Waals surface area (Å²) in [6.07, 6.45) is 23.0. The Labute approximate surface area is 238 Å². The number of allylic oxidation sites excluding steroid dienone is 4. The molecule has 8 rings (SSSR count). The van der Waals surface area contributed by atoms with Crippen molar-refractivity contribution in [3.8, 4) is 28.2 Å². The third-order valence-electron chi connectivity index (χ3n) is 10.1. The molecular weight excluding hydrogens is 484 g/mol. The zero-order valence-corrected chi connectivity index (χ0v) is 23.4. The van der Waals surface area contributed by atoms with Gasteiger partial charge in [-0.15, -0.1) is 0 Å². The highest BCUT2D eigenvalue weighted by atomic mass is 15.1. The van der Waals surface area contributed by atoms with E-state index in [1.807, 2.05) is 6.20 Å². The average Bonchev–Trinajstić information content (AvgIpc) is 3.83. The summed E-state index contributed by atoms with van der Waals surface area (Å²) in [5, 5.41) is 0. The molecule has 0 amide bonds. The lowest BCUT2D eigenvalue weighted by Gasteiger charge is -2.26. The van der Waals surface area contributed by atoms with Crippen molar-refractivity contribution in [2.24, 2.45) is 0 Å². The number of fused-ring (bicyclic) bond motifs is 2. The lowest BCUT2D eigenvalue weighted by atomic mass is 9.84. The summed E-state index contributed by atoms with van der Waals surface area (Å²) < 4.78 is 2.47. The van der Waals surface area contributed by atoms with E-state index in [9.17, 15) is 0 Å². The molecule has 2 saturated carbocycles. The highest BCUT2D eigenvalue weighted by molar-refractivity contribution is 5.86. The number of benzene rings is 3. The maximum atomic E-state index is 5.04. The predicted octanol–water partition coefficient (Wildman–Crippen LogP) is 10.2. The van der Waals surface area contributed by atoms with E-state index in [0.29, 0.717) is 11.8 Å². The molecule has 0 N–H and O–H groups in total. The van der Waals surface area contributed by atoms with Crippen molar-refractivity contribution in [2.45, 2.75) is 82.5 Å². The van der Waals surface area contributed by atoms with Gasteiger partial charge in [-0.1, -0.05) is 85.9 Å². The zero-order chi connectivity index (χ0) is 26.5. The first kappa shape index (κ1) is 24.2. The molecule has 1 heterocycles. The fourth-order valence-electron chi connectivity index (χ4n) is 8.07. The van der Waals surface area contributed by atoms with E-state index in [2.05, 4.69) is 83.6 Å². The molecule has 0 aliphatic heterocycles. The van der Waals surface area contributed by atoms with E-state index >= 15 is 0 Å². The second kappa shape index (κ2) is 10.1. The van der Waals surface area contributed by atoms with Gasteiger partial charge in [0, 0.05) is 18.0 Å². The zero-order valence-electron chi connectivity index (χ0n) is 23.4. The lowest BCUT2D eigenvalue weighted by Crippen LogP contribution is -2.11. The molecule has 2 heteroatoms. The van der Waals surface area contributed by atoms with Crippen molar-refractivity contribution >= 4 is 5.57 Å². The third kappa shape index (κ3) is 4.12. The molecule has 2 nitrogen and oxygen atoms in total. The van der Waals surface area contributed by atoms with Gasteiger partial charge in [-0.2, -0.15) is 0 Å². The topological polar surface area (TPSA) is 17.8 Å². The highest BCUT2D eigenvalue weighted by Gasteiger charge is 2.30. The summed E-state index contributed by atoms with van der Waals surface area (Å²) in [5.74, 6) is 2.32. The normalized spacial score (nSPS) is 19.0. The molecule has 4 aliphatic rings. The largest absolute Gasteiger partial charge is 0.299 e. The van der Waals surface area contributed by atoms with Crippen molar-refractivity contribution < 1.29 is 0 Å². The minimum absolute atomic E-state index is 0.620. The van der Waals surface area contributed by atoms with E-state index < -0.39 is 0 Å². The van der Waals surface area contributed by atoms with Crippen LogP contribution in [-0.4, -0.2) is 9.55 Å². The van der Waals surface area contributed by atoms with Gasteiger partial charge in [0.15, 0.2) is 0 Å². The van der Waals surface area contributed by atoms with Gasteiger partial charge in [0.05, 0.1) is 5.69 Å². The maximum absolute atomic E-state index is 5.04. The molecule has 2 fully saturated rings. The summed E-state index contributed by atoms with van der Waals surface area (Å²) in [5.41, 5.74) is 14.4. The van der Waals surface area contributed by atoms with Gasteiger partial charge < -0.3 is 0 Å². The predicted molar refractivity (Wildman–Crippen MR) is 166 cm³/mol. The summed E-state index contributed by atoms with van der Waals surface area (Å²) >= 11 is 0. The Balaban J connectivity index is 1.32. The number of rotatable bonds is 5. The van der Waals surface area contributed by atoms with Crippen LogP contribution in [0.4, 0.5) is 0 Å². The minimum atomic E-state index is 0.620. The number of nitrogens with zero attached hydrogens (tertiary/aromatic N) is 2. The van der Waals surface area contributed by atoms with Gasteiger partial charge in [0.25, 0.3) is 0 Å². The molecule has 0 unspecified atom stereocenters. The quantitative estimate of drug-likeness (QED) is 0.255. The molecule has 4 aliphatic carbocycles. The van der Waals surface area contributed by atoms with Crippen LogP contribution in [0.3, 0.4) is 0 Å². The molecule has 3 aromatic carbocycles. The van der Waals surface area contributed by atoms with Crippen LogP contribution < -0.4 is 0 Å². The fraction of sp³-hybridized carbons (Fsp3) is 0.342. The Morgan fingerprint density at radius 1 is 0.725 bits per heavy atom. The molecule has 0 spiro atoms. The van der Waals surface area contributed by atoms with E-state index in [4.69, 9.17) is 4.98 Å². The van der Waals surface area contributed by atoms with Crippen molar-refractivity contribution in [1.29, 1.82) is 0 Å². The Bertz CT molecular complexity index is 1580. The summed E-state index contributed by atoms with van der Waals surface area (Å²) in [7, 11) is 0. The van der Waals surface area contributed by atoms with Crippen molar-refractivity contribution in [2.75, 3.05) is 0 Å². The second-order valence-corrected chi connectivity index (χ2v) is 12.5. The number of imidazole rings is 1. The lowest BCUT2D eigenvalue weighted by molar-refractivity contribution is 0.689. The molecule has 1 aromatic heterocycles. The van der Waals surface area contributed by atoms with Crippen molar-refractivity contribution in [3.63, 3.8) is 0 Å². The first-order valence-electron chi connectivity index (χ1n) is 15.6. The molecular formula is C38H38N2. The second-order valence-electron chi connectivity index (χ2n) is 12.5. The molecule has 0 saturated heterocycles. The fourth-order valence-corrected chi connectivity index (χ4v) is 8.07. The van der Waals surface area contributed by atoms with E-state index in [-0.39, 0.29) is 0 Å². The third-order valence-corrected chi connectivity index (χ3v) is 10.1. The van der Waals surface area contributed by atoms with Crippen LogP contribution in [0.15, 0.2) is 90.8 Å². The summed E-state index contributed by atoms with van der Waals surface area (Å²) in [6.45, 7) is 0. The first-order valence-corrected chi connectivity index (χ1v) is 15.6. The summed E-state index contributed by atoms with van der Waals surface area (Å²) in [4.78, 5) is 5.04. The smallest absolute Gasteiger partial charge is 0.144 e. The highest BCUT2D eigenvalue weighted by Crippen LogP contribution is 2.47. The van der Waals surface area contributed by atoms with Gasteiger partial charge in [0.2, 0.25) is 0 Å². The van der Waals surface area contributed by atoms with Crippen LogP contribution >= 0.6 is 0 Å². The van der Waals surface area contributed by atoms with Crippen LogP contribution in [0.2, 0.25) is 0 Å². The first-order chi connectivity index (χ1) is 19.8. The Morgan fingerprint density at radius 2 is 1.45 bits per heavy atom. The molecule has 0 radical (unpaired) electrons.